The first kappa shape index (κ1) is 22.0. The van der Waals surface area contributed by atoms with Crippen LogP contribution in [0.5, 0.6) is 11.5 Å². The van der Waals surface area contributed by atoms with Crippen LogP contribution in [0.15, 0.2) is 71.5 Å². The maximum absolute atomic E-state index is 13.4. The number of fused-ring (bicyclic) bond motifs is 5. The molecule has 168 valence electrons. The van der Waals surface area contributed by atoms with Crippen molar-refractivity contribution in [1.82, 2.24) is 4.57 Å². The van der Waals surface area contributed by atoms with E-state index in [1.165, 1.54) is 0 Å². The van der Waals surface area contributed by atoms with Crippen molar-refractivity contribution in [2.75, 3.05) is 14.2 Å². The summed E-state index contributed by atoms with van der Waals surface area (Å²) in [5.74, 6) is 1.25. The van der Waals surface area contributed by atoms with Gasteiger partial charge in [-0.1, -0.05) is 42.5 Å². The predicted molar refractivity (Wildman–Crippen MR) is 138 cm³/mol. The van der Waals surface area contributed by atoms with Gasteiger partial charge in [0.15, 0.2) is 17.2 Å². The number of hydrogen-bond donors (Lipinski definition) is 0. The van der Waals surface area contributed by atoms with Gasteiger partial charge in [-0.25, -0.2) is 0 Å². The van der Waals surface area contributed by atoms with E-state index in [9.17, 15) is 4.79 Å². The van der Waals surface area contributed by atoms with E-state index in [2.05, 4.69) is 27.2 Å². The van der Waals surface area contributed by atoms with Crippen LogP contribution < -0.4 is 14.9 Å². The molecule has 5 nitrogen and oxygen atoms in total. The largest absolute Gasteiger partial charge is 0.493 e. The number of aromatic nitrogens is 1. The molecule has 33 heavy (non-hydrogen) atoms. The van der Waals surface area contributed by atoms with Gasteiger partial charge in [0.2, 0.25) is 5.43 Å². The third-order valence-electron chi connectivity index (χ3n) is 6.08. The fourth-order valence-electron chi connectivity index (χ4n) is 4.80. The molecule has 0 fully saturated rings. The molecule has 0 saturated carbocycles. The summed E-state index contributed by atoms with van der Waals surface area (Å²) in [7, 11) is 3.34. The zero-order chi connectivity index (χ0) is 23.3. The van der Waals surface area contributed by atoms with Crippen molar-refractivity contribution in [3.8, 4) is 22.8 Å². The first-order valence-corrected chi connectivity index (χ1v) is 11.9. The highest BCUT2D eigenvalue weighted by atomic mass is 127. The second-order valence-electron chi connectivity index (χ2n) is 8.27. The summed E-state index contributed by atoms with van der Waals surface area (Å²) >= 11 is 2.16. The van der Waals surface area contributed by atoms with E-state index in [-0.39, 0.29) is 11.5 Å². The van der Waals surface area contributed by atoms with Crippen LogP contribution in [0.4, 0.5) is 0 Å². The number of pyridine rings is 1. The summed E-state index contributed by atoms with van der Waals surface area (Å²) in [4.78, 5) is 13.4. The minimum Gasteiger partial charge on any atom is -0.493 e. The predicted octanol–water partition coefficient (Wildman–Crippen LogP) is 5.78. The van der Waals surface area contributed by atoms with Gasteiger partial charge in [-0.3, -0.25) is 4.79 Å². The molecule has 2 heterocycles. The fourth-order valence-corrected chi connectivity index (χ4v) is 5.62. The third kappa shape index (κ3) is 3.11. The quantitative estimate of drug-likeness (QED) is 0.294. The minimum atomic E-state index is -0.983. The van der Waals surface area contributed by atoms with Crippen LogP contribution in [-0.2, 0) is 10.5 Å². The number of methoxy groups -OCH3 is 2. The lowest BCUT2D eigenvalue weighted by Gasteiger charge is -2.34. The molecule has 4 aromatic rings. The van der Waals surface area contributed by atoms with E-state index >= 15 is 0 Å². The van der Waals surface area contributed by atoms with Crippen molar-refractivity contribution < 1.29 is 14.2 Å². The van der Waals surface area contributed by atoms with Crippen molar-refractivity contribution in [2.24, 2.45) is 0 Å². The van der Waals surface area contributed by atoms with Crippen molar-refractivity contribution in [2.45, 2.75) is 25.7 Å². The molecule has 1 aromatic heterocycles. The lowest BCUT2D eigenvalue weighted by molar-refractivity contribution is 0.00543. The molecular formula is C27H24INO4. The van der Waals surface area contributed by atoms with Gasteiger partial charge in [0.25, 0.3) is 0 Å². The van der Waals surface area contributed by atoms with Gasteiger partial charge in [-0.05, 0) is 60.7 Å². The van der Waals surface area contributed by atoms with Crippen LogP contribution in [0.2, 0.25) is 0 Å². The van der Waals surface area contributed by atoms with Gasteiger partial charge in [0.05, 0.1) is 28.0 Å². The maximum Gasteiger partial charge on any atom is 0.203 e. The molecule has 0 aliphatic carbocycles. The second kappa shape index (κ2) is 8.18. The average Bonchev–Trinajstić information content (AvgIpc) is 3.12. The molecule has 0 radical (unpaired) electrons. The van der Waals surface area contributed by atoms with Crippen molar-refractivity contribution in [3.63, 3.8) is 0 Å². The van der Waals surface area contributed by atoms with Crippen molar-refractivity contribution in [3.05, 3.63) is 91.7 Å². The molecule has 0 amide bonds. The van der Waals surface area contributed by atoms with E-state index in [0.717, 1.165) is 27.9 Å². The van der Waals surface area contributed by atoms with Crippen molar-refractivity contribution >= 4 is 33.5 Å². The molecule has 0 spiro atoms. The topological polar surface area (TPSA) is 49.7 Å². The third-order valence-corrected chi connectivity index (χ3v) is 7.08. The van der Waals surface area contributed by atoms with Gasteiger partial charge < -0.3 is 18.8 Å². The van der Waals surface area contributed by atoms with Crippen LogP contribution in [0, 0.1) is 3.57 Å². The molecule has 0 saturated heterocycles. The highest BCUT2D eigenvalue weighted by molar-refractivity contribution is 14.1. The fraction of sp³-hybridized carbons (Fsp3) is 0.222. The Morgan fingerprint density at radius 1 is 0.939 bits per heavy atom. The molecule has 0 bridgehead atoms. The number of ether oxygens (including phenoxy) is 3. The highest BCUT2D eigenvalue weighted by Gasteiger charge is 2.47. The maximum atomic E-state index is 13.4. The lowest BCUT2D eigenvalue weighted by atomic mass is 9.92. The zero-order valence-electron chi connectivity index (χ0n) is 18.9. The number of halogens is 1. The Bertz CT molecular complexity index is 1430. The van der Waals surface area contributed by atoms with Crippen molar-refractivity contribution in [1.29, 1.82) is 0 Å². The summed E-state index contributed by atoms with van der Waals surface area (Å²) in [5.41, 5.74) is 3.40. The molecule has 0 N–H and O–H groups in total. The zero-order valence-corrected chi connectivity index (χ0v) is 21.0. The smallest absolute Gasteiger partial charge is 0.203 e. The van der Waals surface area contributed by atoms with E-state index in [1.807, 2.05) is 80.6 Å². The monoisotopic (exact) mass is 553 g/mol. The Morgan fingerprint density at radius 3 is 2.30 bits per heavy atom. The molecular weight excluding hydrogens is 529 g/mol. The van der Waals surface area contributed by atoms with Crippen LogP contribution in [0.3, 0.4) is 0 Å². The summed E-state index contributed by atoms with van der Waals surface area (Å²) < 4.78 is 21.0. The number of benzene rings is 3. The summed E-state index contributed by atoms with van der Waals surface area (Å²) in [6.07, 6.45) is -0.0301. The normalized spacial score (nSPS) is 16.7. The molecule has 1 aliphatic rings. The summed E-state index contributed by atoms with van der Waals surface area (Å²) in [6, 6.07) is 21.7. The van der Waals surface area contributed by atoms with Gasteiger partial charge in [0, 0.05) is 29.2 Å². The van der Waals surface area contributed by atoms with E-state index in [4.69, 9.17) is 14.2 Å². The van der Waals surface area contributed by atoms with Crippen LogP contribution in [-0.4, -0.2) is 24.9 Å². The Hall–Kier alpha value is -2.84. The Balaban J connectivity index is 2.00. The Kier molecular flexibility index (Phi) is 5.45. The number of para-hydroxylation sites is 1. The molecule has 1 aliphatic heterocycles. The average molecular weight is 553 g/mol. The van der Waals surface area contributed by atoms with Gasteiger partial charge in [0.1, 0.15) is 0 Å². The van der Waals surface area contributed by atoms with E-state index < -0.39 is 5.72 Å². The number of hydrogen-bond acceptors (Lipinski definition) is 4. The van der Waals surface area contributed by atoms with Gasteiger partial charge in [-0.2, -0.15) is 0 Å². The molecule has 6 heteroatoms. The second-order valence-corrected chi connectivity index (χ2v) is 9.35. The first-order valence-electron chi connectivity index (χ1n) is 10.8. The molecule has 3 aromatic carbocycles. The SMILES string of the molecule is COc1cc2c(cc1OC(C)C)-c1c(I)c(=O)c3ccccc3n1C2(OC)c1ccccc1. The van der Waals surface area contributed by atoms with Crippen LogP contribution >= 0.6 is 22.6 Å². The molecule has 1 atom stereocenters. The van der Waals surface area contributed by atoms with E-state index in [1.54, 1.807) is 14.2 Å². The number of nitrogens with zero attached hydrogens (tertiary/aromatic N) is 1. The Morgan fingerprint density at radius 2 is 1.64 bits per heavy atom. The van der Waals surface area contributed by atoms with E-state index in [0.29, 0.717) is 20.5 Å². The standard InChI is InChI=1S/C27H24INO4/c1-16(2)33-23-14-19-20(15-22(23)31-3)27(32-4,17-10-6-5-7-11-17)29-21-13-9-8-12-18(21)26(30)24(28)25(19)29/h5-16H,1-4H3. The highest BCUT2D eigenvalue weighted by Crippen LogP contribution is 2.53. The lowest BCUT2D eigenvalue weighted by Crippen LogP contribution is -2.37. The van der Waals surface area contributed by atoms with Crippen LogP contribution in [0.1, 0.15) is 25.0 Å². The Labute approximate surface area is 206 Å². The molecule has 1 unspecified atom stereocenters. The van der Waals surface area contributed by atoms with Gasteiger partial charge in [-0.15, -0.1) is 0 Å². The summed E-state index contributed by atoms with van der Waals surface area (Å²) in [6.45, 7) is 3.96. The van der Waals surface area contributed by atoms with Crippen LogP contribution in [0.25, 0.3) is 22.2 Å². The summed E-state index contributed by atoms with van der Waals surface area (Å²) in [5, 5.41) is 0.654. The minimum absolute atomic E-state index is 0.00510. The van der Waals surface area contributed by atoms with Gasteiger partial charge >= 0.3 is 0 Å². The molecule has 5 rings (SSSR count). The number of rotatable bonds is 5. The first-order chi connectivity index (χ1) is 15.9.